The van der Waals surface area contributed by atoms with Crippen molar-refractivity contribution in [1.82, 2.24) is 19.4 Å². The van der Waals surface area contributed by atoms with Crippen molar-refractivity contribution in [3.8, 4) is 5.88 Å². The molecule has 2 aromatic heterocycles. The SMILES string of the molecule is O=Cc1ccc(COc2cccc(C3CCN(Cc4nc5ccc(C(=O)O)cc5n4CC4CCO4)CC3)n2)c(F)c1. The number of likely N-dealkylation sites (tertiary alicyclic amines) is 1. The maximum absolute atomic E-state index is 14.2. The number of rotatable bonds is 10. The Morgan fingerprint density at radius 3 is 2.63 bits per heavy atom. The molecule has 1 N–H and O–H groups in total. The summed E-state index contributed by atoms with van der Waals surface area (Å²) in [6.07, 6.45) is 3.57. The van der Waals surface area contributed by atoms with Crippen LogP contribution < -0.4 is 4.74 Å². The molecule has 0 bridgehead atoms. The highest BCUT2D eigenvalue weighted by molar-refractivity contribution is 5.92. The highest BCUT2D eigenvalue weighted by Gasteiger charge is 2.26. The second kappa shape index (κ2) is 11.8. The topological polar surface area (TPSA) is 107 Å². The van der Waals surface area contributed by atoms with Gasteiger partial charge in [-0.2, -0.15) is 0 Å². The molecule has 10 heteroatoms. The average Bonchev–Trinajstić information content (AvgIpc) is 3.30. The molecule has 41 heavy (non-hydrogen) atoms. The lowest BCUT2D eigenvalue weighted by Crippen LogP contribution is -2.35. The fourth-order valence-electron chi connectivity index (χ4n) is 5.49. The van der Waals surface area contributed by atoms with Gasteiger partial charge in [0.05, 0.1) is 35.8 Å². The van der Waals surface area contributed by atoms with Gasteiger partial charge in [0.25, 0.3) is 0 Å². The molecule has 1 unspecified atom stereocenters. The largest absolute Gasteiger partial charge is 0.478 e. The van der Waals surface area contributed by atoms with E-state index in [9.17, 15) is 19.1 Å². The predicted octanol–water partition coefficient (Wildman–Crippen LogP) is 4.83. The number of hydrogen-bond donors (Lipinski definition) is 1. The van der Waals surface area contributed by atoms with Gasteiger partial charge in [0.1, 0.15) is 24.5 Å². The Balaban J connectivity index is 1.10. The lowest BCUT2D eigenvalue weighted by Gasteiger charge is -2.32. The molecule has 9 nitrogen and oxygen atoms in total. The van der Waals surface area contributed by atoms with Crippen molar-refractivity contribution in [1.29, 1.82) is 0 Å². The number of piperidine rings is 1. The van der Waals surface area contributed by atoms with Crippen LogP contribution in [0.5, 0.6) is 5.88 Å². The predicted molar refractivity (Wildman–Crippen MR) is 149 cm³/mol. The number of carboxylic acid groups (broad SMARTS) is 1. The molecule has 212 valence electrons. The lowest BCUT2D eigenvalue weighted by atomic mass is 9.93. The Bertz CT molecular complexity index is 1580. The monoisotopic (exact) mass is 558 g/mol. The number of nitrogens with zero attached hydrogens (tertiary/aromatic N) is 4. The number of pyridine rings is 1. The van der Waals surface area contributed by atoms with Crippen LogP contribution in [0, 0.1) is 5.82 Å². The third-order valence-corrected chi connectivity index (χ3v) is 7.96. The maximum Gasteiger partial charge on any atom is 0.335 e. The Labute approximate surface area is 236 Å². The molecule has 0 saturated carbocycles. The standard InChI is InChI=1S/C31H31FN4O5/c32-25-14-20(18-37)4-5-23(25)19-41-30-3-1-2-26(34-30)21-8-11-35(12-9-21)17-29-33-27-7-6-22(31(38)39)15-28(27)36(29)16-24-10-13-40-24/h1-7,14-15,18,21,24H,8-13,16-17,19H2,(H,38,39). The Morgan fingerprint density at radius 2 is 1.93 bits per heavy atom. The van der Waals surface area contributed by atoms with Crippen molar-refractivity contribution in [2.24, 2.45) is 0 Å². The molecule has 2 aromatic carbocycles. The van der Waals surface area contributed by atoms with Crippen LogP contribution >= 0.6 is 0 Å². The van der Waals surface area contributed by atoms with Crippen molar-refractivity contribution in [2.75, 3.05) is 19.7 Å². The van der Waals surface area contributed by atoms with Crippen LogP contribution in [-0.2, 0) is 24.4 Å². The Kier molecular flexibility index (Phi) is 7.76. The summed E-state index contributed by atoms with van der Waals surface area (Å²) in [6.45, 7) is 3.85. The number of carbonyl (C=O) groups excluding carboxylic acids is 1. The first-order valence-electron chi connectivity index (χ1n) is 13.9. The molecule has 4 heterocycles. The molecule has 1 atom stereocenters. The third kappa shape index (κ3) is 5.98. The number of halogens is 1. The van der Waals surface area contributed by atoms with Gasteiger partial charge < -0.3 is 19.1 Å². The molecule has 4 aromatic rings. The zero-order valence-corrected chi connectivity index (χ0v) is 22.5. The fourth-order valence-corrected chi connectivity index (χ4v) is 5.49. The molecule has 0 aliphatic carbocycles. The number of imidazole rings is 1. The van der Waals surface area contributed by atoms with Crippen LogP contribution in [0.15, 0.2) is 54.6 Å². The minimum absolute atomic E-state index is 0.0285. The van der Waals surface area contributed by atoms with Gasteiger partial charge in [0.2, 0.25) is 5.88 Å². The molecule has 6 rings (SSSR count). The van der Waals surface area contributed by atoms with Crippen LogP contribution in [-0.4, -0.2) is 62.6 Å². The highest BCUT2D eigenvalue weighted by Crippen LogP contribution is 2.30. The highest BCUT2D eigenvalue weighted by atomic mass is 19.1. The van der Waals surface area contributed by atoms with Crippen molar-refractivity contribution >= 4 is 23.3 Å². The summed E-state index contributed by atoms with van der Waals surface area (Å²) in [4.78, 5) is 34.4. The molecule has 2 aliphatic rings. The quantitative estimate of drug-likeness (QED) is 0.276. The number of ether oxygens (including phenoxy) is 2. The zero-order valence-electron chi connectivity index (χ0n) is 22.5. The molecule has 2 aliphatic heterocycles. The normalized spacial score (nSPS) is 17.8. The molecule has 0 amide bonds. The molecular weight excluding hydrogens is 527 g/mol. The van der Waals surface area contributed by atoms with Gasteiger partial charge in [0, 0.05) is 35.4 Å². The zero-order chi connectivity index (χ0) is 28.3. The van der Waals surface area contributed by atoms with E-state index in [1.165, 1.54) is 6.07 Å². The molecule has 0 radical (unpaired) electrons. The van der Waals surface area contributed by atoms with E-state index < -0.39 is 11.8 Å². The third-order valence-electron chi connectivity index (χ3n) is 7.96. The number of benzene rings is 2. The van der Waals surface area contributed by atoms with E-state index in [1.807, 2.05) is 12.1 Å². The van der Waals surface area contributed by atoms with E-state index in [4.69, 9.17) is 19.4 Å². The minimum atomic E-state index is -0.952. The second-order valence-electron chi connectivity index (χ2n) is 10.6. The number of carboxylic acids is 1. The minimum Gasteiger partial charge on any atom is -0.478 e. The van der Waals surface area contributed by atoms with Crippen molar-refractivity contribution in [3.05, 3.63) is 88.6 Å². The smallest absolute Gasteiger partial charge is 0.335 e. The maximum atomic E-state index is 14.2. The van der Waals surface area contributed by atoms with Gasteiger partial charge in [-0.25, -0.2) is 19.2 Å². The van der Waals surface area contributed by atoms with E-state index in [0.717, 1.165) is 61.5 Å². The van der Waals surface area contributed by atoms with E-state index in [1.54, 1.807) is 36.4 Å². The van der Waals surface area contributed by atoms with Crippen LogP contribution in [0.3, 0.4) is 0 Å². The number of carbonyl (C=O) groups is 2. The molecule has 2 fully saturated rings. The van der Waals surface area contributed by atoms with Gasteiger partial charge in [-0.05, 0) is 62.7 Å². The van der Waals surface area contributed by atoms with Gasteiger partial charge in [-0.3, -0.25) is 9.69 Å². The van der Waals surface area contributed by atoms with Gasteiger partial charge in [-0.1, -0.05) is 18.2 Å². The van der Waals surface area contributed by atoms with Gasteiger partial charge >= 0.3 is 5.97 Å². The number of hydrogen-bond acceptors (Lipinski definition) is 7. The number of aromatic nitrogens is 3. The summed E-state index contributed by atoms with van der Waals surface area (Å²) in [5.74, 6) is 0.203. The second-order valence-corrected chi connectivity index (χ2v) is 10.6. The molecule has 2 saturated heterocycles. The Hall–Kier alpha value is -4.15. The number of aromatic carboxylic acids is 1. The number of fused-ring (bicyclic) bond motifs is 1. The summed E-state index contributed by atoms with van der Waals surface area (Å²) in [5.41, 5.74) is 3.47. The first-order valence-corrected chi connectivity index (χ1v) is 13.9. The first-order chi connectivity index (χ1) is 20.0. The van der Waals surface area contributed by atoms with Crippen LogP contribution in [0.1, 0.15) is 63.0 Å². The van der Waals surface area contributed by atoms with Crippen molar-refractivity contribution in [2.45, 2.75) is 51.0 Å². The van der Waals surface area contributed by atoms with Gasteiger partial charge in [0.15, 0.2) is 0 Å². The Morgan fingerprint density at radius 1 is 1.10 bits per heavy atom. The first kappa shape index (κ1) is 27.0. The lowest BCUT2D eigenvalue weighted by molar-refractivity contribution is -0.0592. The van der Waals surface area contributed by atoms with Crippen molar-refractivity contribution < 1.29 is 28.6 Å². The van der Waals surface area contributed by atoms with E-state index in [0.29, 0.717) is 30.8 Å². The number of aldehydes is 1. The summed E-state index contributed by atoms with van der Waals surface area (Å²) in [7, 11) is 0. The van der Waals surface area contributed by atoms with E-state index in [-0.39, 0.29) is 29.8 Å². The summed E-state index contributed by atoms with van der Waals surface area (Å²) < 4.78 is 27.8. The summed E-state index contributed by atoms with van der Waals surface area (Å²) in [6, 6.07) is 15.1. The van der Waals surface area contributed by atoms with E-state index in [2.05, 4.69) is 9.47 Å². The summed E-state index contributed by atoms with van der Waals surface area (Å²) >= 11 is 0. The van der Waals surface area contributed by atoms with Crippen LogP contribution in [0.2, 0.25) is 0 Å². The average molecular weight is 559 g/mol. The van der Waals surface area contributed by atoms with Crippen LogP contribution in [0.4, 0.5) is 4.39 Å². The van der Waals surface area contributed by atoms with E-state index >= 15 is 0 Å². The fraction of sp³-hybridized carbons (Fsp3) is 0.355. The summed E-state index contributed by atoms with van der Waals surface area (Å²) in [5, 5.41) is 9.49. The van der Waals surface area contributed by atoms with Gasteiger partial charge in [-0.15, -0.1) is 0 Å². The molecular formula is C31H31FN4O5. The van der Waals surface area contributed by atoms with Crippen molar-refractivity contribution in [3.63, 3.8) is 0 Å². The molecule has 0 spiro atoms. The van der Waals surface area contributed by atoms with Crippen LogP contribution in [0.25, 0.3) is 11.0 Å².